The molecule has 452 valence electrons. The van der Waals surface area contributed by atoms with Gasteiger partial charge in [0.2, 0.25) is 17.7 Å². The number of fused-ring (bicyclic) bond motifs is 3. The number of imidazole rings is 1. The van der Waals surface area contributed by atoms with Crippen LogP contribution < -0.4 is 33.0 Å². The summed E-state index contributed by atoms with van der Waals surface area (Å²) in [6, 6.07) is 29.7. The number of hydrogen-bond acceptors (Lipinski definition) is 12. The lowest BCUT2D eigenvalue weighted by atomic mass is 9.84. The molecule has 7 aromatic rings. The molecule has 4 fully saturated rings. The quantitative estimate of drug-likeness (QED) is 0.0263. The van der Waals surface area contributed by atoms with Gasteiger partial charge < -0.3 is 42.2 Å². The van der Waals surface area contributed by atoms with Gasteiger partial charge in [-0.15, -0.1) is 0 Å². The number of hydrogen-bond donors (Lipinski definition) is 7. The standard InChI is InChI=1S/C24H23FN4O3.C20H23FN2O.C13H16N4O.C7H5IN2O3/c25-20-8-5-15(14-21-17-3-1-2-4-18(17)22(30)27-26-21)13-19(20)24(32)29-11-9-28(10-12-29)23(31)16-6-7-16;1-13-19-16(7-9-21)11-18(17(19)8-10-23-20(13)24)15-5-3-14(4-6-15)12-22-2;1-13(6-3-7-15-13)12-16-9-5-2-4-8(11(14)18)10(9)17-12;8-5-2-1-4(7(9)11)3-6(5)10(12)13/h1-5,8,13,16H,6-7,9-12,14H2,(H,27,30);3-7,9,16,19,22H,1,8,10-12H2,2H3,(H,23,24);2,4-5,15H,3,6-7H2,1H3,(H2,14,18)(H,16,17);1-3H,(H2,9,11)/b;9-7+;;/t;;13-;/m..1./s1. The molecule has 0 spiro atoms. The van der Waals surface area contributed by atoms with Crippen molar-refractivity contribution in [1.29, 1.82) is 0 Å². The summed E-state index contributed by atoms with van der Waals surface area (Å²) in [5, 5.41) is 27.9. The second-order valence-electron chi connectivity index (χ2n) is 22.2. The van der Waals surface area contributed by atoms with Gasteiger partial charge in [0.25, 0.3) is 23.1 Å². The van der Waals surface area contributed by atoms with Crippen molar-refractivity contribution in [3.8, 4) is 0 Å². The summed E-state index contributed by atoms with van der Waals surface area (Å²) in [5.41, 5.74) is 18.8. The molecule has 23 heteroatoms. The molecule has 9 N–H and O–H groups in total. The van der Waals surface area contributed by atoms with E-state index in [-0.39, 0.29) is 63.4 Å². The van der Waals surface area contributed by atoms with E-state index < -0.39 is 22.6 Å². The van der Waals surface area contributed by atoms with Crippen molar-refractivity contribution in [3.05, 3.63) is 208 Å². The number of allylic oxidation sites excluding steroid dienone is 2. The van der Waals surface area contributed by atoms with Crippen molar-refractivity contribution in [2.24, 2.45) is 29.2 Å². The highest BCUT2D eigenvalue weighted by molar-refractivity contribution is 14.1. The Bertz CT molecular complexity index is 3920. The zero-order valence-corrected chi connectivity index (χ0v) is 50.3. The van der Waals surface area contributed by atoms with Crippen molar-refractivity contribution in [2.45, 2.75) is 64.0 Å². The van der Waals surface area contributed by atoms with E-state index in [1.54, 1.807) is 46.2 Å². The molecular weight excluding hydrogens is 1230 g/mol. The number of aromatic nitrogens is 4. The number of rotatable bonds is 12. The fraction of sp³-hybridized carbons (Fsp3) is 0.312. The topological polar surface area (TPSA) is 298 Å². The highest BCUT2D eigenvalue weighted by Gasteiger charge is 2.40. The molecule has 3 saturated heterocycles. The van der Waals surface area contributed by atoms with E-state index in [9.17, 15) is 47.7 Å². The summed E-state index contributed by atoms with van der Waals surface area (Å²) in [7, 11) is 1.93. The maximum Gasteiger partial charge on any atom is 0.283 e. The number of nitrogens with two attached hydrogens (primary N) is 2. The van der Waals surface area contributed by atoms with Crippen LogP contribution >= 0.6 is 22.6 Å². The Morgan fingerprint density at radius 2 is 1.61 bits per heavy atom. The molecule has 87 heavy (non-hydrogen) atoms. The highest BCUT2D eigenvalue weighted by atomic mass is 127. The minimum absolute atomic E-state index is 0.0122. The number of nitro groups is 1. The molecule has 12 rings (SSSR count). The number of piperazine rings is 1. The molecule has 2 aromatic heterocycles. The Balaban J connectivity index is 0.000000146. The van der Waals surface area contributed by atoms with Gasteiger partial charge in [-0.1, -0.05) is 72.8 Å². The molecule has 5 amide bonds. The van der Waals surface area contributed by atoms with Crippen LogP contribution in [0.15, 0.2) is 138 Å². The van der Waals surface area contributed by atoms with Gasteiger partial charge in [0.15, 0.2) is 0 Å². The third-order valence-electron chi connectivity index (χ3n) is 16.3. The fourth-order valence-corrected chi connectivity index (χ4v) is 12.0. The lowest BCUT2D eigenvalue weighted by Gasteiger charge is -2.35. The second kappa shape index (κ2) is 27.7. The molecule has 5 aliphatic rings. The Labute approximate surface area is 513 Å². The number of primary amides is 2. The maximum atomic E-state index is 14.6. The van der Waals surface area contributed by atoms with Crippen LogP contribution in [0.1, 0.15) is 105 Å². The molecule has 2 unspecified atom stereocenters. The first kappa shape index (κ1) is 62.7. The van der Waals surface area contributed by atoms with E-state index in [0.29, 0.717) is 76.8 Å². The monoisotopic (exact) mass is 1300 g/mol. The number of benzene rings is 5. The van der Waals surface area contributed by atoms with Crippen LogP contribution in [0, 0.1) is 37.3 Å². The van der Waals surface area contributed by atoms with Crippen molar-refractivity contribution in [1.82, 2.24) is 45.9 Å². The van der Waals surface area contributed by atoms with Crippen LogP contribution in [0.4, 0.5) is 14.5 Å². The van der Waals surface area contributed by atoms with Crippen LogP contribution in [0.25, 0.3) is 27.4 Å². The molecule has 20 nitrogen and oxygen atoms in total. The zero-order chi connectivity index (χ0) is 62.1. The summed E-state index contributed by atoms with van der Waals surface area (Å²) < 4.78 is 27.9. The average Bonchev–Trinajstić information content (AvgIpc) is 2.06. The molecule has 5 heterocycles. The lowest BCUT2D eigenvalue weighted by Crippen LogP contribution is -2.51. The minimum Gasteiger partial charge on any atom is -0.366 e. The largest absolute Gasteiger partial charge is 0.366 e. The number of H-pyrrole nitrogens is 2. The number of amides is 5. The Morgan fingerprint density at radius 3 is 2.26 bits per heavy atom. The molecule has 3 atom stereocenters. The molecular formula is C64H67F2IN12O8. The Hall–Kier alpha value is -8.81. The van der Waals surface area contributed by atoms with Gasteiger partial charge in [-0.05, 0) is 152 Å². The van der Waals surface area contributed by atoms with E-state index >= 15 is 0 Å². The number of carbonyl (C=O) groups excluding carboxylic acids is 5. The van der Waals surface area contributed by atoms with Crippen LogP contribution in [-0.4, -0.2) is 111 Å². The first-order valence-electron chi connectivity index (χ1n) is 28.6. The van der Waals surface area contributed by atoms with Crippen molar-refractivity contribution in [2.75, 3.05) is 46.3 Å². The van der Waals surface area contributed by atoms with Gasteiger partial charge in [-0.25, -0.2) is 18.9 Å². The number of para-hydroxylation sites is 1. The van der Waals surface area contributed by atoms with Gasteiger partial charge in [0.05, 0.1) is 48.1 Å². The molecule has 0 radical (unpaired) electrons. The summed E-state index contributed by atoms with van der Waals surface area (Å²) in [4.78, 5) is 92.6. The van der Waals surface area contributed by atoms with E-state index in [4.69, 9.17) is 11.5 Å². The normalized spacial score (nSPS) is 19.0. The van der Waals surface area contributed by atoms with Gasteiger partial charge in [0, 0.05) is 80.1 Å². The predicted molar refractivity (Wildman–Crippen MR) is 335 cm³/mol. The lowest BCUT2D eigenvalue weighted by molar-refractivity contribution is -0.385. The van der Waals surface area contributed by atoms with E-state index in [1.807, 2.05) is 53.9 Å². The third kappa shape index (κ3) is 14.5. The molecule has 1 saturated carbocycles. The van der Waals surface area contributed by atoms with Gasteiger partial charge in [-0.2, -0.15) is 5.10 Å². The number of nitro benzene ring substituents is 1. The summed E-state index contributed by atoms with van der Waals surface area (Å²) in [5.74, 6) is -1.09. The fourth-order valence-electron chi connectivity index (χ4n) is 11.5. The Morgan fingerprint density at radius 1 is 0.897 bits per heavy atom. The number of nitrogens with zero attached hydrogens (tertiary/aromatic N) is 5. The predicted octanol–water partition coefficient (Wildman–Crippen LogP) is 8.26. The Kier molecular flexibility index (Phi) is 20.0. The van der Waals surface area contributed by atoms with Crippen molar-refractivity contribution >= 4 is 85.2 Å². The first-order chi connectivity index (χ1) is 41.8. The highest BCUT2D eigenvalue weighted by Crippen LogP contribution is 2.48. The summed E-state index contributed by atoms with van der Waals surface area (Å²) in [6.45, 7) is 10.3. The zero-order valence-electron chi connectivity index (χ0n) is 48.1. The van der Waals surface area contributed by atoms with Crippen molar-refractivity contribution < 1.29 is 37.7 Å². The van der Waals surface area contributed by atoms with Gasteiger partial charge in [-0.3, -0.25) is 38.9 Å². The number of carbonyl (C=O) groups is 5. The minimum atomic E-state index is -0.667. The first-order valence-corrected chi connectivity index (χ1v) is 29.7. The van der Waals surface area contributed by atoms with Crippen LogP contribution in [0.3, 0.4) is 0 Å². The second-order valence-corrected chi connectivity index (χ2v) is 23.3. The molecule has 0 bridgehead atoms. The van der Waals surface area contributed by atoms with Crippen LogP contribution in [-0.2, 0) is 28.1 Å². The van der Waals surface area contributed by atoms with E-state index in [1.165, 1.54) is 41.0 Å². The van der Waals surface area contributed by atoms with Gasteiger partial charge >= 0.3 is 0 Å². The number of nitrogens with one attached hydrogen (secondary N) is 5. The van der Waals surface area contributed by atoms with Crippen molar-refractivity contribution in [3.63, 3.8) is 0 Å². The molecule has 2 aliphatic carbocycles. The number of halogens is 3. The SMILES string of the molecule is C=C1C(=O)NCCC2=C(c3ccc(CNC)cc3)CC(/C=C/F)C12.C[C@]1(c2nc3c(C(N)=O)cccc3[nH]2)CCCN1.NC(=O)c1ccc(I)c([N+](=O)[O-])c1.O=C(c1cc(Cc2n[nH]c(=O)c3ccccc23)ccc1F)N1CCN(C(=O)C2CC2)CC1. The van der Waals surface area contributed by atoms with E-state index in [0.717, 1.165) is 79.5 Å². The summed E-state index contributed by atoms with van der Waals surface area (Å²) >= 11 is 1.82. The third-order valence-corrected chi connectivity index (χ3v) is 17.2. The van der Waals surface area contributed by atoms with Crippen LogP contribution in [0.5, 0.6) is 0 Å². The van der Waals surface area contributed by atoms with Gasteiger partial charge in [0.1, 0.15) is 17.2 Å². The average molecular weight is 1300 g/mol. The van der Waals surface area contributed by atoms with Crippen LogP contribution in [0.2, 0.25) is 0 Å². The smallest absolute Gasteiger partial charge is 0.283 e. The van der Waals surface area contributed by atoms with E-state index in [2.05, 4.69) is 73.9 Å². The maximum absolute atomic E-state index is 14.6. The summed E-state index contributed by atoms with van der Waals surface area (Å²) in [6.07, 6.45) is 8.13. The molecule has 5 aromatic carbocycles. The number of aromatic amines is 2. The molecule has 3 aliphatic heterocycles.